The number of nitrogens with one attached hydrogen (secondary N) is 1. The van der Waals surface area contributed by atoms with Gasteiger partial charge >= 0.3 is 0 Å². The van der Waals surface area contributed by atoms with Crippen molar-refractivity contribution in [3.63, 3.8) is 0 Å². The van der Waals surface area contributed by atoms with Crippen molar-refractivity contribution in [2.45, 2.75) is 32.2 Å². The first-order valence-electron chi connectivity index (χ1n) is 7.14. The number of thioether (sulfide) groups is 1. The Morgan fingerprint density at radius 3 is 2.55 bits per heavy atom. The predicted octanol–water partition coefficient (Wildman–Crippen LogP) is 3.37. The molecule has 0 heterocycles. The third-order valence-electron chi connectivity index (χ3n) is 3.26. The van der Waals surface area contributed by atoms with Crippen LogP contribution in [0.3, 0.4) is 0 Å². The molecule has 1 aromatic rings. The maximum Gasteiger partial charge on any atom is 0.160 e. The molecule has 20 heavy (non-hydrogen) atoms. The lowest BCUT2D eigenvalue weighted by Gasteiger charge is -2.15. The molecule has 0 aliphatic heterocycles. The molecule has 0 aliphatic carbocycles. The highest BCUT2D eigenvalue weighted by Gasteiger charge is 2.07. The second-order valence-corrected chi connectivity index (χ2v) is 5.93. The molecule has 1 rings (SSSR count). The van der Waals surface area contributed by atoms with Gasteiger partial charge in [-0.25, -0.2) is 0 Å². The molecule has 0 spiro atoms. The minimum atomic E-state index is 0.474. The van der Waals surface area contributed by atoms with Crippen molar-refractivity contribution in [3.05, 3.63) is 23.8 Å². The Hall–Kier alpha value is -0.870. The van der Waals surface area contributed by atoms with Crippen LogP contribution in [0.25, 0.3) is 0 Å². The molecule has 0 bridgehead atoms. The van der Waals surface area contributed by atoms with Gasteiger partial charge in [0.05, 0.1) is 14.2 Å². The second-order valence-electron chi connectivity index (χ2n) is 4.95. The Morgan fingerprint density at radius 2 is 1.90 bits per heavy atom. The van der Waals surface area contributed by atoms with E-state index >= 15 is 0 Å². The van der Waals surface area contributed by atoms with Crippen molar-refractivity contribution in [2.24, 2.45) is 0 Å². The van der Waals surface area contributed by atoms with Crippen molar-refractivity contribution >= 4 is 11.8 Å². The van der Waals surface area contributed by atoms with Gasteiger partial charge in [0.15, 0.2) is 11.5 Å². The number of ether oxygens (including phenoxy) is 2. The first-order chi connectivity index (χ1) is 9.71. The van der Waals surface area contributed by atoms with Crippen LogP contribution >= 0.6 is 11.8 Å². The van der Waals surface area contributed by atoms with E-state index in [1.54, 1.807) is 14.2 Å². The van der Waals surface area contributed by atoms with Crippen LogP contribution in [0, 0.1) is 0 Å². The summed E-state index contributed by atoms with van der Waals surface area (Å²) in [6.07, 6.45) is 5.70. The molecular weight excluding hydrogens is 270 g/mol. The molecule has 114 valence electrons. The zero-order valence-electron chi connectivity index (χ0n) is 13.1. The minimum Gasteiger partial charge on any atom is -0.493 e. The largest absolute Gasteiger partial charge is 0.493 e. The first-order valence-corrected chi connectivity index (χ1v) is 8.53. The number of unbranched alkanes of at least 4 members (excludes halogenated alkanes) is 1. The molecule has 3 nitrogen and oxygen atoms in total. The molecule has 1 N–H and O–H groups in total. The normalized spacial score (nSPS) is 12.2. The van der Waals surface area contributed by atoms with Crippen LogP contribution in [0.5, 0.6) is 11.5 Å². The molecule has 0 aliphatic rings. The highest BCUT2D eigenvalue weighted by Crippen LogP contribution is 2.27. The Labute approximate surface area is 127 Å². The molecule has 0 fully saturated rings. The minimum absolute atomic E-state index is 0.474. The van der Waals surface area contributed by atoms with E-state index in [-0.39, 0.29) is 0 Å². The van der Waals surface area contributed by atoms with E-state index in [2.05, 4.69) is 30.6 Å². The molecule has 4 heteroatoms. The van der Waals surface area contributed by atoms with Crippen LogP contribution in [-0.2, 0) is 6.42 Å². The van der Waals surface area contributed by atoms with Gasteiger partial charge in [-0.3, -0.25) is 0 Å². The summed E-state index contributed by atoms with van der Waals surface area (Å²) in [7, 11) is 3.34. The molecule has 0 amide bonds. The lowest BCUT2D eigenvalue weighted by atomic mass is 10.1. The summed E-state index contributed by atoms with van der Waals surface area (Å²) >= 11 is 1.92. The van der Waals surface area contributed by atoms with Gasteiger partial charge in [-0.05, 0) is 62.4 Å². The number of methoxy groups -OCH3 is 2. The van der Waals surface area contributed by atoms with Crippen LogP contribution in [-0.4, -0.2) is 38.8 Å². The number of benzene rings is 1. The van der Waals surface area contributed by atoms with Crippen molar-refractivity contribution in [1.29, 1.82) is 0 Å². The average Bonchev–Trinajstić information content (AvgIpc) is 2.46. The van der Waals surface area contributed by atoms with Crippen molar-refractivity contribution in [3.8, 4) is 11.5 Å². The monoisotopic (exact) mass is 297 g/mol. The Bertz CT molecular complexity index is 385. The molecule has 1 unspecified atom stereocenters. The molecule has 0 radical (unpaired) electrons. The van der Waals surface area contributed by atoms with Gasteiger partial charge in [0.25, 0.3) is 0 Å². The van der Waals surface area contributed by atoms with E-state index in [1.165, 1.54) is 24.2 Å². The summed E-state index contributed by atoms with van der Waals surface area (Å²) < 4.78 is 10.6. The fourth-order valence-corrected chi connectivity index (χ4v) is 2.65. The van der Waals surface area contributed by atoms with Crippen molar-refractivity contribution in [1.82, 2.24) is 5.32 Å². The molecule has 0 aromatic heterocycles. The molecule has 1 atom stereocenters. The van der Waals surface area contributed by atoms with Gasteiger partial charge in [-0.15, -0.1) is 0 Å². The maximum atomic E-state index is 5.34. The second kappa shape index (κ2) is 9.94. The van der Waals surface area contributed by atoms with E-state index in [0.717, 1.165) is 24.5 Å². The third kappa shape index (κ3) is 6.06. The van der Waals surface area contributed by atoms with E-state index in [1.807, 2.05) is 17.8 Å². The van der Waals surface area contributed by atoms with E-state index in [9.17, 15) is 0 Å². The van der Waals surface area contributed by atoms with Crippen molar-refractivity contribution < 1.29 is 9.47 Å². The Balaban J connectivity index is 2.39. The molecule has 0 saturated carbocycles. The number of hydrogen-bond donors (Lipinski definition) is 1. The zero-order chi connectivity index (χ0) is 14.8. The van der Waals surface area contributed by atoms with Crippen LogP contribution in [0.15, 0.2) is 18.2 Å². The molecule has 1 aromatic carbocycles. The lowest BCUT2D eigenvalue weighted by Crippen LogP contribution is -2.29. The quantitative estimate of drug-likeness (QED) is 0.671. The Kier molecular flexibility index (Phi) is 8.54. The van der Waals surface area contributed by atoms with Crippen molar-refractivity contribution in [2.75, 3.05) is 32.8 Å². The summed E-state index contributed by atoms with van der Waals surface area (Å²) in [5, 5.41) is 3.57. The summed E-state index contributed by atoms with van der Waals surface area (Å²) in [6.45, 7) is 3.32. The first kappa shape index (κ1) is 17.2. The number of rotatable bonds is 10. The SMILES string of the molecule is COc1ccc(CC(C)NCCCCSC)cc1OC. The highest BCUT2D eigenvalue weighted by atomic mass is 32.2. The van der Waals surface area contributed by atoms with Gasteiger partial charge in [-0.1, -0.05) is 6.07 Å². The lowest BCUT2D eigenvalue weighted by molar-refractivity contribution is 0.354. The van der Waals surface area contributed by atoms with E-state index in [4.69, 9.17) is 9.47 Å². The zero-order valence-corrected chi connectivity index (χ0v) is 13.9. The highest BCUT2D eigenvalue weighted by molar-refractivity contribution is 7.98. The summed E-state index contributed by atoms with van der Waals surface area (Å²) in [5.41, 5.74) is 1.27. The van der Waals surface area contributed by atoms with Gasteiger partial charge < -0.3 is 14.8 Å². The molecule has 0 saturated heterocycles. The van der Waals surface area contributed by atoms with Crippen LogP contribution in [0.1, 0.15) is 25.3 Å². The smallest absolute Gasteiger partial charge is 0.160 e. The van der Waals surface area contributed by atoms with Gasteiger partial charge in [0, 0.05) is 6.04 Å². The fourth-order valence-electron chi connectivity index (χ4n) is 2.15. The van der Waals surface area contributed by atoms with Crippen LogP contribution in [0.2, 0.25) is 0 Å². The summed E-state index contributed by atoms with van der Waals surface area (Å²) in [6, 6.07) is 6.61. The standard InChI is InChI=1S/C16H27NO2S/c1-13(17-9-5-6-10-20-4)11-14-7-8-15(18-2)16(12-14)19-3/h7-8,12-13,17H,5-6,9-11H2,1-4H3. The Morgan fingerprint density at radius 1 is 1.15 bits per heavy atom. The fraction of sp³-hybridized carbons (Fsp3) is 0.625. The topological polar surface area (TPSA) is 30.5 Å². The van der Waals surface area contributed by atoms with E-state index in [0.29, 0.717) is 6.04 Å². The average molecular weight is 297 g/mol. The van der Waals surface area contributed by atoms with Crippen LogP contribution < -0.4 is 14.8 Å². The molecular formula is C16H27NO2S. The summed E-state index contributed by atoms with van der Waals surface area (Å²) in [4.78, 5) is 0. The van der Waals surface area contributed by atoms with Gasteiger partial charge in [0.2, 0.25) is 0 Å². The van der Waals surface area contributed by atoms with Crippen LogP contribution in [0.4, 0.5) is 0 Å². The number of hydrogen-bond acceptors (Lipinski definition) is 4. The van der Waals surface area contributed by atoms with Gasteiger partial charge in [-0.2, -0.15) is 11.8 Å². The third-order valence-corrected chi connectivity index (χ3v) is 3.95. The van der Waals surface area contributed by atoms with E-state index < -0.39 is 0 Å². The summed E-state index contributed by atoms with van der Waals surface area (Å²) in [5.74, 6) is 2.84. The maximum absolute atomic E-state index is 5.34. The predicted molar refractivity (Wildman–Crippen MR) is 88.3 cm³/mol. The van der Waals surface area contributed by atoms with Gasteiger partial charge in [0.1, 0.15) is 0 Å².